The number of fused-ring (bicyclic) bond motifs is 1. The molecule has 35 heavy (non-hydrogen) atoms. The van der Waals surface area contributed by atoms with Gasteiger partial charge in [-0.05, 0) is 35.9 Å². The van der Waals surface area contributed by atoms with Gasteiger partial charge in [0.25, 0.3) is 0 Å². The second-order valence-corrected chi connectivity index (χ2v) is 8.55. The summed E-state index contributed by atoms with van der Waals surface area (Å²) in [5.41, 5.74) is 6.97. The molecule has 0 aliphatic carbocycles. The van der Waals surface area contributed by atoms with Crippen LogP contribution >= 0.6 is 11.3 Å². The molecule has 9 heteroatoms. The maximum Gasteiger partial charge on any atom is 0.411 e. The van der Waals surface area contributed by atoms with E-state index in [1.165, 1.54) is 18.4 Å². The minimum absolute atomic E-state index is 0.0102. The second kappa shape index (κ2) is 10.7. The minimum atomic E-state index is -0.738. The number of hydrogen-bond acceptors (Lipinski definition) is 7. The highest BCUT2D eigenvalue weighted by molar-refractivity contribution is 7.20. The van der Waals surface area contributed by atoms with Crippen molar-refractivity contribution in [3.05, 3.63) is 94.9 Å². The summed E-state index contributed by atoms with van der Waals surface area (Å²) >= 11 is 1.40. The summed E-state index contributed by atoms with van der Waals surface area (Å²) in [6.45, 7) is -0.0870. The Morgan fingerprint density at radius 2 is 1.77 bits per heavy atom. The lowest BCUT2D eigenvalue weighted by molar-refractivity contribution is 0.0602. The summed E-state index contributed by atoms with van der Waals surface area (Å²) in [7, 11) is 1.27. The number of amides is 1. The number of nitrogen functional groups attached to an aromatic ring is 1. The number of esters is 1. The number of carbonyl (C=O) groups is 2. The fraction of sp³-hybridized carbons (Fsp3) is 0.115. The Balaban J connectivity index is 1.53. The molecule has 8 nitrogen and oxygen atoms in total. The van der Waals surface area contributed by atoms with E-state index >= 15 is 0 Å². The van der Waals surface area contributed by atoms with Crippen LogP contribution < -0.4 is 15.8 Å². The van der Waals surface area contributed by atoms with Gasteiger partial charge in [0.15, 0.2) is 6.10 Å². The molecular weight excluding hydrogens is 466 g/mol. The molecule has 1 aromatic heterocycles. The molecule has 0 radical (unpaired) electrons. The van der Waals surface area contributed by atoms with Gasteiger partial charge in [0.05, 0.1) is 23.2 Å². The van der Waals surface area contributed by atoms with Gasteiger partial charge in [0.2, 0.25) is 0 Å². The molecule has 0 aliphatic rings. The number of methoxy groups -OCH3 is 1. The molecule has 0 fully saturated rings. The minimum Gasteiger partial charge on any atom is -0.481 e. The third-order valence-corrected chi connectivity index (χ3v) is 6.30. The van der Waals surface area contributed by atoms with E-state index in [9.17, 15) is 9.59 Å². The second-order valence-electron chi connectivity index (χ2n) is 7.47. The van der Waals surface area contributed by atoms with Gasteiger partial charge in [-0.3, -0.25) is 10.7 Å². The van der Waals surface area contributed by atoms with Crippen molar-refractivity contribution in [3.8, 4) is 5.75 Å². The Kier molecular flexibility index (Phi) is 7.27. The van der Waals surface area contributed by atoms with Crippen LogP contribution in [0.15, 0.2) is 78.9 Å². The molecular formula is C26H23N3O5S. The van der Waals surface area contributed by atoms with E-state index in [2.05, 4.69) is 5.32 Å². The molecule has 3 aromatic carbocycles. The predicted molar refractivity (Wildman–Crippen MR) is 135 cm³/mol. The highest BCUT2D eigenvalue weighted by atomic mass is 32.1. The van der Waals surface area contributed by atoms with Gasteiger partial charge >= 0.3 is 12.1 Å². The number of para-hydroxylation sites is 1. The average Bonchev–Trinajstić information content (AvgIpc) is 3.33. The molecule has 4 rings (SSSR count). The maximum absolute atomic E-state index is 12.6. The number of amidine groups is 1. The highest BCUT2D eigenvalue weighted by Crippen LogP contribution is 2.35. The molecule has 4 N–H and O–H groups in total. The van der Waals surface area contributed by atoms with Crippen LogP contribution in [0.4, 0.5) is 10.5 Å². The first-order chi connectivity index (χ1) is 17.0. The molecule has 178 valence electrons. The number of anilines is 1. The number of benzene rings is 3. The number of thiophene rings is 1. The third kappa shape index (κ3) is 5.59. The van der Waals surface area contributed by atoms with Crippen molar-refractivity contribution in [3.63, 3.8) is 0 Å². The molecule has 1 unspecified atom stereocenters. The Labute approximate surface area is 205 Å². The van der Waals surface area contributed by atoms with E-state index in [4.69, 9.17) is 25.4 Å². The van der Waals surface area contributed by atoms with Gasteiger partial charge in [0, 0.05) is 10.1 Å². The van der Waals surface area contributed by atoms with Crippen molar-refractivity contribution < 1.29 is 23.8 Å². The van der Waals surface area contributed by atoms with Gasteiger partial charge in [-0.25, -0.2) is 9.59 Å². The molecule has 0 bridgehead atoms. The van der Waals surface area contributed by atoms with Crippen molar-refractivity contribution in [2.75, 3.05) is 19.0 Å². The van der Waals surface area contributed by atoms with Crippen LogP contribution in [0.25, 0.3) is 10.1 Å². The quantitative estimate of drug-likeness (QED) is 0.174. The largest absolute Gasteiger partial charge is 0.481 e. The molecule has 1 amide bonds. The van der Waals surface area contributed by atoms with Crippen molar-refractivity contribution in [1.82, 2.24) is 0 Å². The van der Waals surface area contributed by atoms with E-state index in [0.717, 1.165) is 15.6 Å². The number of nitrogens with two attached hydrogens (primary N) is 1. The molecule has 1 heterocycles. The summed E-state index contributed by atoms with van der Waals surface area (Å²) in [5, 5.41) is 11.1. The van der Waals surface area contributed by atoms with Crippen LogP contribution in [0.2, 0.25) is 0 Å². The first-order valence-electron chi connectivity index (χ1n) is 10.7. The molecule has 0 saturated carbocycles. The zero-order valence-corrected chi connectivity index (χ0v) is 19.6. The zero-order valence-electron chi connectivity index (χ0n) is 18.8. The number of carbonyl (C=O) groups excluding carboxylic acids is 2. The van der Waals surface area contributed by atoms with Gasteiger partial charge in [-0.1, -0.05) is 48.5 Å². The Hall–Kier alpha value is -4.37. The van der Waals surface area contributed by atoms with Crippen molar-refractivity contribution >= 4 is 45.0 Å². The van der Waals surface area contributed by atoms with Crippen LogP contribution in [0.1, 0.15) is 26.9 Å². The van der Waals surface area contributed by atoms with Crippen LogP contribution in [0.3, 0.4) is 0 Å². The fourth-order valence-electron chi connectivity index (χ4n) is 3.47. The summed E-state index contributed by atoms with van der Waals surface area (Å²) < 4.78 is 17.5. The molecule has 4 aromatic rings. The zero-order chi connectivity index (χ0) is 24.8. The monoisotopic (exact) mass is 489 g/mol. The lowest BCUT2D eigenvalue weighted by Gasteiger charge is -2.20. The summed E-state index contributed by atoms with van der Waals surface area (Å²) in [6, 6.07) is 23.3. The Morgan fingerprint density at radius 1 is 1.03 bits per heavy atom. The smallest absolute Gasteiger partial charge is 0.411 e. The topological polar surface area (TPSA) is 124 Å². The summed E-state index contributed by atoms with van der Waals surface area (Å²) in [6.07, 6.45) is -1.34. The van der Waals surface area contributed by atoms with Crippen molar-refractivity contribution in [2.45, 2.75) is 6.10 Å². The van der Waals surface area contributed by atoms with Crippen LogP contribution in [-0.2, 0) is 9.47 Å². The predicted octanol–water partition coefficient (Wildman–Crippen LogP) is 5.34. The first kappa shape index (κ1) is 23.8. The summed E-state index contributed by atoms with van der Waals surface area (Å²) in [5.74, 6) is 0.00401. The van der Waals surface area contributed by atoms with Crippen LogP contribution in [0.5, 0.6) is 5.75 Å². The van der Waals surface area contributed by atoms with E-state index in [0.29, 0.717) is 10.6 Å². The van der Waals surface area contributed by atoms with Crippen molar-refractivity contribution in [1.29, 1.82) is 5.41 Å². The van der Waals surface area contributed by atoms with Gasteiger partial charge in [0.1, 0.15) is 18.2 Å². The van der Waals surface area contributed by atoms with Gasteiger partial charge < -0.3 is 19.9 Å². The first-order valence-corrected chi connectivity index (χ1v) is 11.5. The number of rotatable bonds is 8. The van der Waals surface area contributed by atoms with E-state index in [-0.39, 0.29) is 23.7 Å². The number of hydrogen-bond donors (Lipinski definition) is 3. The molecule has 0 spiro atoms. The fourth-order valence-corrected chi connectivity index (χ4v) is 4.41. The molecule has 0 aliphatic heterocycles. The number of ether oxygens (including phenoxy) is 3. The van der Waals surface area contributed by atoms with Gasteiger partial charge in [-0.2, -0.15) is 0 Å². The third-order valence-electron chi connectivity index (χ3n) is 5.16. The normalized spacial score (nSPS) is 11.5. The SMILES string of the molecule is COC(=O)c1ccccc1NC(=O)OCC(Oc1cccc2sc(C(=N)N)cc12)c1ccccc1. The van der Waals surface area contributed by atoms with E-state index < -0.39 is 18.2 Å². The van der Waals surface area contributed by atoms with Gasteiger partial charge in [-0.15, -0.1) is 11.3 Å². The number of nitrogens with one attached hydrogen (secondary N) is 2. The van der Waals surface area contributed by atoms with Crippen LogP contribution in [0, 0.1) is 5.41 Å². The standard InChI is InChI=1S/C26H23N3O5S/c1-32-25(30)17-10-5-6-11-19(17)29-26(31)33-15-21(16-8-3-2-4-9-16)34-20-12-7-13-22-18(20)14-23(35-22)24(27)28/h2-14,21H,15H2,1H3,(H3,27,28)(H,29,31). The lowest BCUT2D eigenvalue weighted by Crippen LogP contribution is -2.22. The van der Waals surface area contributed by atoms with Crippen molar-refractivity contribution in [2.24, 2.45) is 5.73 Å². The van der Waals surface area contributed by atoms with Crippen LogP contribution in [-0.4, -0.2) is 31.6 Å². The maximum atomic E-state index is 12.6. The Morgan fingerprint density at radius 3 is 2.51 bits per heavy atom. The molecule has 0 saturated heterocycles. The molecule has 1 atom stereocenters. The van der Waals surface area contributed by atoms with E-state index in [1.807, 2.05) is 54.6 Å². The highest BCUT2D eigenvalue weighted by Gasteiger charge is 2.20. The average molecular weight is 490 g/mol. The Bertz CT molecular complexity index is 1370. The summed E-state index contributed by atoms with van der Waals surface area (Å²) in [4.78, 5) is 25.2. The lowest BCUT2D eigenvalue weighted by atomic mass is 10.1. The van der Waals surface area contributed by atoms with E-state index in [1.54, 1.807) is 24.3 Å².